The molecule has 0 radical (unpaired) electrons. The second kappa shape index (κ2) is 12.5. The van der Waals surface area contributed by atoms with Crippen molar-refractivity contribution in [3.8, 4) is 17.2 Å². The lowest BCUT2D eigenvalue weighted by Gasteiger charge is -2.28. The number of amides is 2. The first-order valence-corrected chi connectivity index (χ1v) is 16.0. The number of nitrogens with one attached hydrogen (secondary N) is 3. The number of carbonyl (C=O) groups excluding carboxylic acids is 2. The summed E-state index contributed by atoms with van der Waals surface area (Å²) in [5.74, 6) is -1.00. The minimum absolute atomic E-state index is 0.000599. The molecule has 1 aliphatic heterocycles. The molecule has 4 aromatic rings. The molecule has 2 amide bonds. The number of ether oxygens (including phenoxy) is 3. The predicted octanol–water partition coefficient (Wildman–Crippen LogP) is 6.65. The van der Waals surface area contributed by atoms with Gasteiger partial charge in [-0.3, -0.25) is 14.6 Å². The van der Waals surface area contributed by atoms with Crippen molar-refractivity contribution in [3.05, 3.63) is 84.1 Å². The van der Waals surface area contributed by atoms with Gasteiger partial charge in [-0.05, 0) is 99.5 Å². The minimum Gasteiger partial charge on any atom is -0.491 e. The zero-order chi connectivity index (χ0) is 32.6. The molecule has 2 saturated carbocycles. The van der Waals surface area contributed by atoms with Gasteiger partial charge in [0.1, 0.15) is 29.3 Å². The van der Waals surface area contributed by atoms with Crippen LogP contribution in [-0.2, 0) is 14.3 Å². The normalized spacial score (nSPS) is 17.9. The quantitative estimate of drug-likeness (QED) is 0.157. The fourth-order valence-corrected chi connectivity index (χ4v) is 5.97. The van der Waals surface area contributed by atoms with Crippen molar-refractivity contribution in [1.82, 2.24) is 10.3 Å². The van der Waals surface area contributed by atoms with Crippen molar-refractivity contribution < 1.29 is 32.6 Å². The molecular formula is C36H36F2N4O5. The first-order chi connectivity index (χ1) is 22.7. The Morgan fingerprint density at radius 3 is 2.26 bits per heavy atom. The second-order valence-corrected chi connectivity index (χ2v) is 12.8. The highest BCUT2D eigenvalue weighted by Gasteiger charge is 2.56. The van der Waals surface area contributed by atoms with Crippen molar-refractivity contribution >= 4 is 34.1 Å². The van der Waals surface area contributed by atoms with E-state index in [1.807, 2.05) is 19.1 Å². The Bertz CT molecular complexity index is 1820. The molecule has 0 atom stereocenters. The van der Waals surface area contributed by atoms with Crippen molar-refractivity contribution in [1.29, 1.82) is 0 Å². The Labute approximate surface area is 271 Å². The minimum atomic E-state index is -1.27. The molecule has 3 N–H and O–H groups in total. The van der Waals surface area contributed by atoms with Crippen LogP contribution >= 0.6 is 0 Å². The number of halogens is 2. The third-order valence-corrected chi connectivity index (χ3v) is 9.22. The van der Waals surface area contributed by atoms with Gasteiger partial charge in [0.05, 0.1) is 11.1 Å². The van der Waals surface area contributed by atoms with Gasteiger partial charge in [0, 0.05) is 54.3 Å². The van der Waals surface area contributed by atoms with Gasteiger partial charge in [0.25, 0.3) is 0 Å². The molecule has 3 fully saturated rings. The highest BCUT2D eigenvalue weighted by Crippen LogP contribution is 2.48. The number of fused-ring (bicyclic) bond motifs is 1. The predicted molar refractivity (Wildman–Crippen MR) is 173 cm³/mol. The zero-order valence-electron chi connectivity index (χ0n) is 26.0. The van der Waals surface area contributed by atoms with Crippen LogP contribution in [0.15, 0.2) is 66.9 Å². The average Bonchev–Trinajstić information content (AvgIpc) is 4.00. The molecule has 7 rings (SSSR count). The number of pyridine rings is 1. The number of nitrogens with zero attached hydrogens (tertiary/aromatic N) is 1. The van der Waals surface area contributed by atoms with E-state index in [-0.39, 0.29) is 17.0 Å². The number of rotatable bonds is 11. The van der Waals surface area contributed by atoms with Crippen LogP contribution in [0.4, 0.5) is 20.2 Å². The lowest BCUT2D eigenvalue weighted by molar-refractivity contribution is -0.131. The van der Waals surface area contributed by atoms with Gasteiger partial charge in [0.15, 0.2) is 11.6 Å². The first-order valence-electron chi connectivity index (χ1n) is 16.0. The summed E-state index contributed by atoms with van der Waals surface area (Å²) in [6.45, 7) is 4.12. The van der Waals surface area contributed by atoms with Gasteiger partial charge in [-0.25, -0.2) is 8.78 Å². The van der Waals surface area contributed by atoms with E-state index in [4.69, 9.17) is 14.2 Å². The molecule has 0 spiro atoms. The number of benzene rings is 3. The number of anilines is 2. The Hall–Kier alpha value is -4.61. The average molecular weight is 643 g/mol. The summed E-state index contributed by atoms with van der Waals surface area (Å²) < 4.78 is 46.3. The lowest BCUT2D eigenvalue weighted by Crippen LogP contribution is -2.46. The smallest absolute Gasteiger partial charge is 0.240 e. The Kier molecular flexibility index (Phi) is 8.27. The van der Waals surface area contributed by atoms with Crippen LogP contribution in [0.3, 0.4) is 0 Å². The van der Waals surface area contributed by atoms with Gasteiger partial charge in [-0.1, -0.05) is 0 Å². The topological polar surface area (TPSA) is 111 Å². The summed E-state index contributed by atoms with van der Waals surface area (Å²) in [6.07, 6.45) is 6.49. The molecule has 3 aliphatic rings. The first kappa shape index (κ1) is 31.0. The van der Waals surface area contributed by atoms with Gasteiger partial charge in [-0.2, -0.15) is 0 Å². The van der Waals surface area contributed by atoms with Crippen LogP contribution in [0.5, 0.6) is 17.2 Å². The molecule has 9 nitrogen and oxygen atoms in total. The van der Waals surface area contributed by atoms with Crippen molar-refractivity contribution in [2.75, 3.05) is 30.5 Å². The van der Waals surface area contributed by atoms with Crippen molar-refractivity contribution in [2.24, 2.45) is 5.41 Å². The third kappa shape index (κ3) is 6.77. The molecule has 3 aromatic carbocycles. The van der Waals surface area contributed by atoms with Gasteiger partial charge < -0.3 is 30.2 Å². The number of hydrogen-bond donors (Lipinski definition) is 3. The molecule has 2 aliphatic carbocycles. The fraction of sp³-hybridized carbons (Fsp3) is 0.361. The second-order valence-electron chi connectivity index (χ2n) is 12.8. The maximum Gasteiger partial charge on any atom is 0.240 e. The third-order valence-electron chi connectivity index (χ3n) is 9.22. The Balaban J connectivity index is 0.999. The summed E-state index contributed by atoms with van der Waals surface area (Å²) in [5.41, 5.74) is 0.877. The van der Waals surface area contributed by atoms with Crippen LogP contribution in [0.25, 0.3) is 10.9 Å². The van der Waals surface area contributed by atoms with Crippen LogP contribution in [0, 0.1) is 24.0 Å². The number of carbonyl (C=O) groups is 2. The standard InChI is InChI=1S/C36H36F2N4O5/c1-22-18-27-29(20-32(22)46-21-35(11-12-35)42-25-9-16-45-17-10-25)39-15-8-30(27)47-31-7-6-26(19-28(31)38)41-34(44)36(13-14-36)33(43)40-24-4-2-23(37)3-5-24/h2-8,15,18-20,25,42H,9-14,16-17,21H2,1H3,(H,40,43)(H,41,44). The summed E-state index contributed by atoms with van der Waals surface area (Å²) in [5, 5.41) is 9.81. The van der Waals surface area contributed by atoms with Gasteiger partial charge in [0.2, 0.25) is 11.8 Å². The summed E-state index contributed by atoms with van der Waals surface area (Å²) in [6, 6.07) is 15.3. The van der Waals surface area contributed by atoms with E-state index in [1.54, 1.807) is 12.3 Å². The van der Waals surface area contributed by atoms with E-state index in [2.05, 4.69) is 20.9 Å². The van der Waals surface area contributed by atoms with Gasteiger partial charge >= 0.3 is 0 Å². The molecule has 0 bridgehead atoms. The maximum absolute atomic E-state index is 15.3. The molecule has 1 saturated heterocycles. The highest BCUT2D eigenvalue weighted by molar-refractivity contribution is 6.16. The van der Waals surface area contributed by atoms with Crippen molar-refractivity contribution in [2.45, 2.75) is 57.0 Å². The van der Waals surface area contributed by atoms with E-state index in [0.717, 1.165) is 56.3 Å². The van der Waals surface area contributed by atoms with Gasteiger partial charge in [-0.15, -0.1) is 0 Å². The van der Waals surface area contributed by atoms with E-state index in [1.165, 1.54) is 36.4 Å². The molecule has 2 heterocycles. The summed E-state index contributed by atoms with van der Waals surface area (Å²) >= 11 is 0. The Morgan fingerprint density at radius 1 is 0.872 bits per heavy atom. The number of aryl methyl sites for hydroxylation is 1. The monoisotopic (exact) mass is 642 g/mol. The van der Waals surface area contributed by atoms with Crippen LogP contribution in [-0.4, -0.2) is 48.2 Å². The highest BCUT2D eigenvalue weighted by atomic mass is 19.1. The summed E-state index contributed by atoms with van der Waals surface area (Å²) in [7, 11) is 0. The largest absolute Gasteiger partial charge is 0.491 e. The van der Waals surface area contributed by atoms with E-state index in [0.29, 0.717) is 47.8 Å². The van der Waals surface area contributed by atoms with Crippen LogP contribution in [0.2, 0.25) is 0 Å². The van der Waals surface area contributed by atoms with Crippen LogP contribution < -0.4 is 25.4 Å². The van der Waals surface area contributed by atoms with Crippen molar-refractivity contribution in [3.63, 3.8) is 0 Å². The van der Waals surface area contributed by atoms with E-state index >= 15 is 4.39 Å². The molecule has 1 aromatic heterocycles. The molecule has 11 heteroatoms. The number of hydrogen-bond acceptors (Lipinski definition) is 7. The SMILES string of the molecule is Cc1cc2c(Oc3ccc(NC(=O)C4(C(=O)Nc5ccc(F)cc5)CC4)cc3F)ccnc2cc1OCC1(NC2CCOCC2)CC1. The van der Waals surface area contributed by atoms with Crippen LogP contribution in [0.1, 0.15) is 44.1 Å². The lowest BCUT2D eigenvalue weighted by atomic mass is 10.0. The van der Waals surface area contributed by atoms with E-state index in [9.17, 15) is 14.0 Å². The maximum atomic E-state index is 15.3. The molecule has 0 unspecified atom stereocenters. The van der Waals surface area contributed by atoms with E-state index < -0.39 is 28.9 Å². The summed E-state index contributed by atoms with van der Waals surface area (Å²) in [4.78, 5) is 30.4. The molecule has 47 heavy (non-hydrogen) atoms. The molecular weight excluding hydrogens is 606 g/mol. The zero-order valence-corrected chi connectivity index (χ0v) is 26.0. The Morgan fingerprint density at radius 2 is 1.57 bits per heavy atom. The fourth-order valence-electron chi connectivity index (χ4n) is 5.97. The molecule has 244 valence electrons. The number of aromatic nitrogens is 1.